The van der Waals surface area contributed by atoms with Crippen LogP contribution in [-0.2, 0) is 26.5 Å². The van der Waals surface area contributed by atoms with Gasteiger partial charge in [0.05, 0.1) is 5.58 Å². The third-order valence-electron chi connectivity index (χ3n) is 6.88. The second kappa shape index (κ2) is 12.4. The molecule has 0 aliphatic carbocycles. The molecule has 4 aromatic heterocycles. The fourth-order valence-electron chi connectivity index (χ4n) is 5.04. The van der Waals surface area contributed by atoms with Gasteiger partial charge in [-0.25, -0.2) is 0 Å². The Morgan fingerprint density at radius 3 is 2.36 bits per heavy atom. The van der Waals surface area contributed by atoms with Crippen molar-refractivity contribution in [2.45, 2.75) is 34.1 Å². The van der Waals surface area contributed by atoms with Gasteiger partial charge in [0.25, 0.3) is 0 Å². The predicted octanol–water partition coefficient (Wildman–Crippen LogP) is 9.44. The van der Waals surface area contributed by atoms with Crippen molar-refractivity contribution in [2.24, 2.45) is 5.41 Å². The van der Waals surface area contributed by atoms with Gasteiger partial charge < -0.3 is 14.4 Å². The molecule has 0 spiro atoms. The standard InChI is InChI=1S/C25H21N2O.C12H10N.Ir/c1-25(2,3)15-16-11-13-26-21(14-16)20-8-4-7-18-19-10-9-17-6-5-12-27-22(17)24(19)28-23(18)20;1-10-7-8-12(13-9-10)11-5-3-2-4-6-11;/h4-7,9-14H,15H2,1-3H3;2-5,7-9H,1H3;/q2*-1;. The van der Waals surface area contributed by atoms with Crippen molar-refractivity contribution in [1.29, 1.82) is 0 Å². The molecule has 7 aromatic rings. The quantitative estimate of drug-likeness (QED) is 0.171. The summed E-state index contributed by atoms with van der Waals surface area (Å²) in [5.74, 6) is 0. The summed E-state index contributed by atoms with van der Waals surface area (Å²) in [7, 11) is 0. The van der Waals surface area contributed by atoms with Gasteiger partial charge in [0.2, 0.25) is 0 Å². The van der Waals surface area contributed by atoms with E-state index < -0.39 is 0 Å². The number of rotatable bonds is 3. The van der Waals surface area contributed by atoms with Crippen molar-refractivity contribution in [1.82, 2.24) is 15.0 Å². The first kappa shape index (κ1) is 29.3. The van der Waals surface area contributed by atoms with Crippen molar-refractivity contribution in [3.05, 3.63) is 127 Å². The topological polar surface area (TPSA) is 51.8 Å². The Balaban J connectivity index is 0.000000212. The zero-order chi connectivity index (χ0) is 28.4. The van der Waals surface area contributed by atoms with E-state index in [1.54, 1.807) is 6.20 Å². The van der Waals surface area contributed by atoms with E-state index in [1.807, 2.05) is 61.8 Å². The molecular formula is C37H31IrN3O-2. The minimum atomic E-state index is 0. The zero-order valence-electron chi connectivity index (χ0n) is 24.1. The van der Waals surface area contributed by atoms with Crippen LogP contribution in [0, 0.1) is 24.5 Å². The van der Waals surface area contributed by atoms with Crippen LogP contribution in [0.4, 0.5) is 0 Å². The second-order valence-electron chi connectivity index (χ2n) is 11.5. The fourth-order valence-corrected chi connectivity index (χ4v) is 5.04. The number of hydrogen-bond acceptors (Lipinski definition) is 4. The van der Waals surface area contributed by atoms with Crippen LogP contribution in [0.25, 0.3) is 55.4 Å². The molecule has 211 valence electrons. The van der Waals surface area contributed by atoms with Gasteiger partial charge in [-0.1, -0.05) is 73.7 Å². The van der Waals surface area contributed by atoms with E-state index in [4.69, 9.17) is 4.42 Å². The van der Waals surface area contributed by atoms with Gasteiger partial charge in [-0.05, 0) is 47.8 Å². The molecule has 0 unspecified atom stereocenters. The summed E-state index contributed by atoms with van der Waals surface area (Å²) >= 11 is 0. The summed E-state index contributed by atoms with van der Waals surface area (Å²) in [6.45, 7) is 8.78. The Morgan fingerprint density at radius 1 is 0.738 bits per heavy atom. The molecule has 0 saturated heterocycles. The maximum atomic E-state index is 6.36. The van der Waals surface area contributed by atoms with Crippen LogP contribution in [0.5, 0.6) is 0 Å². The first-order valence-corrected chi connectivity index (χ1v) is 13.8. The van der Waals surface area contributed by atoms with Gasteiger partial charge in [-0.2, -0.15) is 0 Å². The SMILES string of the molecule is CC(C)(C)Cc1ccnc(-c2[c-]ccc3c2oc2c3ccc3cccnc32)c1.Cc1ccc(-c2[c-]cccc2)nc1.[Ir]. The zero-order valence-corrected chi connectivity index (χ0v) is 26.5. The van der Waals surface area contributed by atoms with Crippen LogP contribution in [0.1, 0.15) is 31.9 Å². The van der Waals surface area contributed by atoms with E-state index in [9.17, 15) is 0 Å². The molecule has 0 fully saturated rings. The second-order valence-corrected chi connectivity index (χ2v) is 11.5. The van der Waals surface area contributed by atoms with Gasteiger partial charge in [-0.15, -0.1) is 54.1 Å². The van der Waals surface area contributed by atoms with Crippen LogP contribution >= 0.6 is 0 Å². The molecular weight excluding hydrogens is 695 g/mol. The number of pyridine rings is 3. The largest absolute Gasteiger partial charge is 0.498 e. The molecule has 7 rings (SSSR count). The molecule has 0 atom stereocenters. The number of aryl methyl sites for hydroxylation is 1. The monoisotopic (exact) mass is 726 g/mol. The maximum absolute atomic E-state index is 6.36. The van der Waals surface area contributed by atoms with Crippen molar-refractivity contribution < 1.29 is 24.5 Å². The van der Waals surface area contributed by atoms with Gasteiger partial charge in [-0.3, -0.25) is 4.98 Å². The summed E-state index contributed by atoms with van der Waals surface area (Å²) in [4.78, 5) is 13.5. The van der Waals surface area contributed by atoms with Crippen LogP contribution in [0.2, 0.25) is 0 Å². The van der Waals surface area contributed by atoms with Gasteiger partial charge >= 0.3 is 0 Å². The molecule has 5 heteroatoms. The van der Waals surface area contributed by atoms with E-state index in [-0.39, 0.29) is 25.5 Å². The molecule has 0 saturated carbocycles. The molecule has 4 heterocycles. The number of fused-ring (bicyclic) bond motifs is 5. The minimum Gasteiger partial charge on any atom is -0.498 e. The predicted molar refractivity (Wildman–Crippen MR) is 167 cm³/mol. The van der Waals surface area contributed by atoms with Crippen molar-refractivity contribution in [3.8, 4) is 22.5 Å². The number of nitrogens with zero attached hydrogens (tertiary/aromatic N) is 3. The molecule has 1 radical (unpaired) electrons. The first-order valence-electron chi connectivity index (χ1n) is 13.8. The molecule has 3 aromatic carbocycles. The van der Waals surface area contributed by atoms with Crippen LogP contribution in [-0.4, -0.2) is 15.0 Å². The molecule has 4 nitrogen and oxygen atoms in total. The number of hydrogen-bond donors (Lipinski definition) is 0. The van der Waals surface area contributed by atoms with E-state index in [2.05, 4.69) is 90.3 Å². The minimum absolute atomic E-state index is 0. The van der Waals surface area contributed by atoms with Crippen LogP contribution in [0.3, 0.4) is 0 Å². The van der Waals surface area contributed by atoms with Crippen LogP contribution < -0.4 is 0 Å². The Labute approximate surface area is 260 Å². The average molecular weight is 726 g/mol. The Kier molecular flexibility index (Phi) is 8.63. The molecule has 0 aliphatic rings. The van der Waals surface area contributed by atoms with Crippen molar-refractivity contribution in [3.63, 3.8) is 0 Å². The maximum Gasteiger partial charge on any atom is 0.147 e. The van der Waals surface area contributed by atoms with Gasteiger partial charge in [0, 0.05) is 49.5 Å². The van der Waals surface area contributed by atoms with E-state index >= 15 is 0 Å². The molecule has 0 N–H and O–H groups in total. The summed E-state index contributed by atoms with van der Waals surface area (Å²) in [6.07, 6.45) is 6.55. The van der Waals surface area contributed by atoms with Crippen molar-refractivity contribution in [2.75, 3.05) is 0 Å². The van der Waals surface area contributed by atoms with Crippen molar-refractivity contribution >= 4 is 32.8 Å². The number of aromatic nitrogens is 3. The molecule has 0 amide bonds. The molecule has 0 aliphatic heterocycles. The number of furan rings is 1. The molecule has 0 bridgehead atoms. The fraction of sp³-hybridized carbons (Fsp3) is 0.162. The Morgan fingerprint density at radius 2 is 1.60 bits per heavy atom. The molecule has 42 heavy (non-hydrogen) atoms. The summed E-state index contributed by atoms with van der Waals surface area (Å²) in [5.41, 5.74) is 9.00. The Bertz CT molecular complexity index is 1960. The summed E-state index contributed by atoms with van der Waals surface area (Å²) in [6, 6.07) is 34.9. The normalized spacial score (nSPS) is 11.2. The smallest absolute Gasteiger partial charge is 0.147 e. The van der Waals surface area contributed by atoms with Gasteiger partial charge in [0.1, 0.15) is 11.1 Å². The summed E-state index contributed by atoms with van der Waals surface area (Å²) in [5, 5.41) is 3.21. The third-order valence-corrected chi connectivity index (χ3v) is 6.88. The number of benzene rings is 3. The Hall–Kier alpha value is -4.18. The average Bonchev–Trinajstić information content (AvgIpc) is 3.37. The van der Waals surface area contributed by atoms with Gasteiger partial charge in [0.15, 0.2) is 0 Å². The first-order chi connectivity index (χ1) is 19.9. The van der Waals surface area contributed by atoms with E-state index in [1.165, 1.54) is 11.1 Å². The van der Waals surface area contributed by atoms with Crippen LogP contribution in [0.15, 0.2) is 108 Å². The third kappa shape index (κ3) is 6.33. The van der Waals surface area contributed by atoms with E-state index in [0.717, 1.165) is 61.8 Å². The van der Waals surface area contributed by atoms with E-state index in [0.29, 0.717) is 0 Å². The summed E-state index contributed by atoms with van der Waals surface area (Å²) < 4.78 is 6.36.